The monoisotopic (exact) mass is 646 g/mol. The SMILES string of the molecule is COc1ccc(/C=C2\C(=O)NC(=O)N(c3ccc(OCc4ccc(Br)cc4)cc3)C2=O)c(OCc2ccc(Cl)cc2)c1. The molecule has 1 heterocycles. The molecule has 4 amide bonds. The van der Waals surface area contributed by atoms with E-state index in [-0.39, 0.29) is 17.9 Å². The van der Waals surface area contributed by atoms with Crippen LogP contribution in [0.15, 0.2) is 101 Å². The number of amides is 4. The molecule has 0 aliphatic carbocycles. The number of hydrogen-bond acceptors (Lipinski definition) is 6. The van der Waals surface area contributed by atoms with Gasteiger partial charge in [0.15, 0.2) is 0 Å². The summed E-state index contributed by atoms with van der Waals surface area (Å²) >= 11 is 9.38. The lowest BCUT2D eigenvalue weighted by molar-refractivity contribution is -0.122. The van der Waals surface area contributed by atoms with E-state index in [1.54, 1.807) is 54.6 Å². The average Bonchev–Trinajstić information content (AvgIpc) is 2.99. The molecule has 0 radical (unpaired) electrons. The van der Waals surface area contributed by atoms with Crippen molar-refractivity contribution >= 4 is 57.1 Å². The highest BCUT2D eigenvalue weighted by Gasteiger charge is 2.37. The van der Waals surface area contributed by atoms with E-state index >= 15 is 0 Å². The maximum atomic E-state index is 13.5. The number of nitrogens with one attached hydrogen (secondary N) is 1. The van der Waals surface area contributed by atoms with Crippen LogP contribution >= 0.6 is 27.5 Å². The fourth-order valence-corrected chi connectivity index (χ4v) is 4.50. The van der Waals surface area contributed by atoms with Crippen molar-refractivity contribution in [3.63, 3.8) is 0 Å². The van der Waals surface area contributed by atoms with Crippen molar-refractivity contribution in [2.75, 3.05) is 12.0 Å². The van der Waals surface area contributed by atoms with Crippen LogP contribution < -0.4 is 24.4 Å². The summed E-state index contributed by atoms with van der Waals surface area (Å²) in [5.74, 6) is -0.115. The number of carbonyl (C=O) groups is 3. The number of carbonyl (C=O) groups excluding carboxylic acids is 3. The molecule has 212 valence electrons. The van der Waals surface area contributed by atoms with E-state index in [1.165, 1.54) is 13.2 Å². The quantitative estimate of drug-likeness (QED) is 0.156. The Morgan fingerprint density at radius 1 is 0.810 bits per heavy atom. The summed E-state index contributed by atoms with van der Waals surface area (Å²) < 4.78 is 18.1. The largest absolute Gasteiger partial charge is 0.497 e. The highest BCUT2D eigenvalue weighted by molar-refractivity contribution is 9.10. The molecule has 0 spiro atoms. The number of rotatable bonds is 9. The van der Waals surface area contributed by atoms with Crippen molar-refractivity contribution in [2.45, 2.75) is 13.2 Å². The summed E-state index contributed by atoms with van der Waals surface area (Å²) in [6.45, 7) is 0.558. The second-order valence-electron chi connectivity index (χ2n) is 9.19. The van der Waals surface area contributed by atoms with E-state index in [9.17, 15) is 14.4 Å². The Morgan fingerprint density at radius 3 is 2.10 bits per heavy atom. The van der Waals surface area contributed by atoms with Crippen LogP contribution in [0.4, 0.5) is 10.5 Å². The van der Waals surface area contributed by atoms with Crippen LogP contribution in [0.1, 0.15) is 16.7 Å². The zero-order valence-corrected chi connectivity index (χ0v) is 24.6. The molecule has 1 fully saturated rings. The minimum atomic E-state index is -0.848. The molecule has 1 aliphatic rings. The van der Waals surface area contributed by atoms with Crippen molar-refractivity contribution < 1.29 is 28.6 Å². The van der Waals surface area contributed by atoms with Crippen LogP contribution in [-0.4, -0.2) is 25.0 Å². The number of nitrogens with zero attached hydrogens (tertiary/aromatic N) is 1. The first-order valence-corrected chi connectivity index (χ1v) is 13.9. The third-order valence-electron chi connectivity index (χ3n) is 6.34. The van der Waals surface area contributed by atoms with Crippen LogP contribution in [0.5, 0.6) is 17.2 Å². The molecule has 1 N–H and O–H groups in total. The summed E-state index contributed by atoms with van der Waals surface area (Å²) in [4.78, 5) is 39.9. The van der Waals surface area contributed by atoms with E-state index < -0.39 is 17.8 Å². The third-order valence-corrected chi connectivity index (χ3v) is 7.12. The van der Waals surface area contributed by atoms with Gasteiger partial charge in [0.2, 0.25) is 0 Å². The number of halogens is 2. The Balaban J connectivity index is 1.36. The Bertz CT molecular complexity index is 1650. The third kappa shape index (κ3) is 6.82. The molecule has 8 nitrogen and oxygen atoms in total. The molecule has 4 aromatic carbocycles. The van der Waals surface area contributed by atoms with E-state index in [1.807, 2.05) is 36.4 Å². The van der Waals surface area contributed by atoms with Gasteiger partial charge in [-0.3, -0.25) is 14.9 Å². The van der Waals surface area contributed by atoms with Crippen LogP contribution in [0.25, 0.3) is 6.08 Å². The van der Waals surface area contributed by atoms with Gasteiger partial charge in [0.25, 0.3) is 11.8 Å². The molecule has 1 saturated heterocycles. The van der Waals surface area contributed by atoms with Crippen molar-refractivity contribution in [1.82, 2.24) is 5.32 Å². The van der Waals surface area contributed by atoms with Gasteiger partial charge >= 0.3 is 6.03 Å². The van der Waals surface area contributed by atoms with Crippen LogP contribution in [0.3, 0.4) is 0 Å². The molecule has 5 rings (SSSR count). The minimum Gasteiger partial charge on any atom is -0.497 e. The maximum absolute atomic E-state index is 13.5. The highest BCUT2D eigenvalue weighted by atomic mass is 79.9. The number of imide groups is 2. The van der Waals surface area contributed by atoms with Crippen molar-refractivity contribution in [1.29, 1.82) is 0 Å². The second kappa shape index (κ2) is 12.9. The number of anilines is 1. The Hall–Kier alpha value is -4.60. The van der Waals surface area contributed by atoms with Crippen molar-refractivity contribution in [3.05, 3.63) is 123 Å². The van der Waals surface area contributed by atoms with E-state index in [0.29, 0.717) is 34.4 Å². The summed E-state index contributed by atoms with van der Waals surface area (Å²) in [6.07, 6.45) is 1.39. The van der Waals surface area contributed by atoms with Crippen molar-refractivity contribution in [3.8, 4) is 17.2 Å². The summed E-state index contributed by atoms with van der Waals surface area (Å²) in [7, 11) is 1.52. The summed E-state index contributed by atoms with van der Waals surface area (Å²) in [5, 5.41) is 2.85. The standard InChI is InChI=1S/C32H24BrClN2O6/c1-40-27-13-6-22(29(17-27)42-19-21-4-9-24(34)10-5-21)16-28-30(37)35-32(39)36(31(28)38)25-11-14-26(15-12-25)41-18-20-2-7-23(33)8-3-20/h2-17H,18-19H2,1H3,(H,35,37,39)/b28-16+. The predicted octanol–water partition coefficient (Wildman–Crippen LogP) is 6.94. The molecule has 0 atom stereocenters. The molecule has 10 heteroatoms. The minimum absolute atomic E-state index is 0.210. The van der Waals surface area contributed by atoms with Gasteiger partial charge in [-0.1, -0.05) is 51.8 Å². The van der Waals surface area contributed by atoms with Gasteiger partial charge in [0, 0.05) is 21.1 Å². The van der Waals surface area contributed by atoms with Crippen molar-refractivity contribution in [2.24, 2.45) is 0 Å². The van der Waals surface area contributed by atoms with Crippen LogP contribution in [-0.2, 0) is 22.8 Å². The smallest absolute Gasteiger partial charge is 0.335 e. The lowest BCUT2D eigenvalue weighted by Gasteiger charge is -2.26. The number of benzene rings is 4. The lowest BCUT2D eigenvalue weighted by Crippen LogP contribution is -2.54. The highest BCUT2D eigenvalue weighted by Crippen LogP contribution is 2.30. The summed E-state index contributed by atoms with van der Waals surface area (Å²) in [5.41, 5.74) is 2.35. The first kappa shape index (κ1) is 28.9. The van der Waals surface area contributed by atoms with Gasteiger partial charge in [-0.15, -0.1) is 0 Å². The molecule has 0 unspecified atom stereocenters. The van der Waals surface area contributed by atoms with Crippen LogP contribution in [0, 0.1) is 0 Å². The topological polar surface area (TPSA) is 94.2 Å². The molecule has 4 aromatic rings. The first-order chi connectivity index (χ1) is 20.3. The van der Waals surface area contributed by atoms with Gasteiger partial charge in [-0.2, -0.15) is 0 Å². The molecule has 0 bridgehead atoms. The van der Waals surface area contributed by atoms with E-state index in [4.69, 9.17) is 25.8 Å². The first-order valence-electron chi connectivity index (χ1n) is 12.7. The number of barbiturate groups is 1. The normalized spacial score (nSPS) is 14.1. The van der Waals surface area contributed by atoms with E-state index in [0.717, 1.165) is 20.5 Å². The van der Waals surface area contributed by atoms with E-state index in [2.05, 4.69) is 21.2 Å². The molecule has 42 heavy (non-hydrogen) atoms. The van der Waals surface area contributed by atoms with Gasteiger partial charge in [-0.25, -0.2) is 9.69 Å². The molecule has 0 aromatic heterocycles. The molecular weight excluding hydrogens is 624 g/mol. The Morgan fingerprint density at radius 2 is 1.43 bits per heavy atom. The van der Waals surface area contributed by atoms with Crippen LogP contribution in [0.2, 0.25) is 5.02 Å². The predicted molar refractivity (Wildman–Crippen MR) is 163 cm³/mol. The zero-order valence-electron chi connectivity index (χ0n) is 22.3. The van der Waals surface area contributed by atoms with Gasteiger partial charge in [0.05, 0.1) is 12.8 Å². The number of ether oxygens (including phenoxy) is 3. The van der Waals surface area contributed by atoms with Gasteiger partial charge in [-0.05, 0) is 77.9 Å². The lowest BCUT2D eigenvalue weighted by atomic mass is 10.1. The molecule has 1 aliphatic heterocycles. The average molecular weight is 648 g/mol. The van der Waals surface area contributed by atoms with Gasteiger partial charge in [0.1, 0.15) is 36.0 Å². The maximum Gasteiger partial charge on any atom is 0.335 e. The Labute approximate surface area is 255 Å². The fourth-order valence-electron chi connectivity index (χ4n) is 4.11. The Kier molecular flexibility index (Phi) is 8.90. The second-order valence-corrected chi connectivity index (χ2v) is 10.5. The number of hydrogen-bond donors (Lipinski definition) is 1. The summed E-state index contributed by atoms with van der Waals surface area (Å²) in [6, 6.07) is 25.5. The number of urea groups is 1. The fraction of sp³-hybridized carbons (Fsp3) is 0.0938. The molecule has 0 saturated carbocycles. The number of methoxy groups -OCH3 is 1. The zero-order chi connectivity index (χ0) is 29.6. The van der Waals surface area contributed by atoms with Gasteiger partial charge < -0.3 is 14.2 Å². The molecular formula is C32H24BrClN2O6.